The Balaban J connectivity index is 2.38. The predicted molar refractivity (Wildman–Crippen MR) is 60.2 cm³/mol. The highest BCUT2D eigenvalue weighted by molar-refractivity contribution is 5.61. The molecule has 14 heavy (non-hydrogen) atoms. The van der Waals surface area contributed by atoms with E-state index in [9.17, 15) is 0 Å². The molecule has 0 atom stereocenters. The molecule has 0 amide bonds. The maximum atomic E-state index is 5.06. The van der Waals surface area contributed by atoms with E-state index in [1.807, 2.05) is 12.3 Å². The Labute approximate surface area is 85.0 Å². The van der Waals surface area contributed by atoms with Crippen molar-refractivity contribution in [3.8, 4) is 12.3 Å². The first kappa shape index (κ1) is 10.3. The lowest BCUT2D eigenvalue weighted by Gasteiger charge is -1.97. The van der Waals surface area contributed by atoms with Crippen LogP contribution >= 0.6 is 0 Å². The van der Waals surface area contributed by atoms with E-state index in [4.69, 9.17) is 6.42 Å². The van der Waals surface area contributed by atoms with Crippen LogP contribution in [0, 0.1) is 19.3 Å². The lowest BCUT2D eigenvalue weighted by Crippen LogP contribution is -2.05. The van der Waals surface area contributed by atoms with Gasteiger partial charge in [0, 0.05) is 12.6 Å². The zero-order valence-electron chi connectivity index (χ0n) is 8.33. The van der Waals surface area contributed by atoms with Gasteiger partial charge in [-0.25, -0.2) is 0 Å². The fraction of sp³-hybridized carbons (Fsp3) is 0.250. The zero-order valence-corrected chi connectivity index (χ0v) is 8.33. The normalized spacial score (nSPS) is 10.0. The van der Waals surface area contributed by atoms with Crippen LogP contribution in [0.2, 0.25) is 0 Å². The Bertz CT molecular complexity index is 348. The van der Waals surface area contributed by atoms with E-state index in [-0.39, 0.29) is 0 Å². The van der Waals surface area contributed by atoms with Gasteiger partial charge < -0.3 is 0 Å². The summed E-state index contributed by atoms with van der Waals surface area (Å²) in [7, 11) is 0. The van der Waals surface area contributed by atoms with Crippen molar-refractivity contribution in [2.75, 3.05) is 6.54 Å². The maximum absolute atomic E-state index is 5.06. The van der Waals surface area contributed by atoms with Crippen LogP contribution < -0.4 is 5.43 Å². The maximum Gasteiger partial charge on any atom is 0.0935 e. The number of nitrogens with zero attached hydrogens (tertiary/aromatic N) is 1. The molecule has 2 heteroatoms. The van der Waals surface area contributed by atoms with Crippen molar-refractivity contribution < 1.29 is 0 Å². The van der Waals surface area contributed by atoms with Gasteiger partial charge in [0.05, 0.1) is 6.54 Å². The minimum Gasteiger partial charge on any atom is -0.298 e. The third-order valence-corrected chi connectivity index (χ3v) is 1.77. The summed E-state index contributed by atoms with van der Waals surface area (Å²) in [5, 5.41) is 3.97. The molecule has 1 aromatic carbocycles. The molecule has 0 saturated heterocycles. The fourth-order valence-corrected chi connectivity index (χ4v) is 1.15. The lowest BCUT2D eigenvalue weighted by atomic mass is 10.1. The molecule has 1 aromatic rings. The van der Waals surface area contributed by atoms with Crippen LogP contribution in [0.15, 0.2) is 29.4 Å². The van der Waals surface area contributed by atoms with E-state index >= 15 is 0 Å². The Hall–Kier alpha value is -1.75. The summed E-state index contributed by atoms with van der Waals surface area (Å²) in [5.41, 5.74) is 5.28. The Morgan fingerprint density at radius 3 is 3.14 bits per heavy atom. The van der Waals surface area contributed by atoms with Gasteiger partial charge in [-0.2, -0.15) is 5.10 Å². The number of benzene rings is 1. The second kappa shape index (κ2) is 5.82. The summed E-state index contributed by atoms with van der Waals surface area (Å²) in [5.74, 6) is 2.45. The molecule has 0 aliphatic carbocycles. The van der Waals surface area contributed by atoms with Gasteiger partial charge in [-0.3, -0.25) is 5.43 Å². The van der Waals surface area contributed by atoms with Crippen molar-refractivity contribution in [2.45, 2.75) is 13.3 Å². The van der Waals surface area contributed by atoms with Crippen LogP contribution in [0.1, 0.15) is 11.1 Å². The van der Waals surface area contributed by atoms with Crippen LogP contribution in [0.4, 0.5) is 0 Å². The van der Waals surface area contributed by atoms with Gasteiger partial charge in [0.25, 0.3) is 0 Å². The average Bonchev–Trinajstić information content (AvgIpc) is 2.18. The van der Waals surface area contributed by atoms with Gasteiger partial charge in [0.2, 0.25) is 0 Å². The second-order valence-electron chi connectivity index (χ2n) is 3.04. The summed E-state index contributed by atoms with van der Waals surface area (Å²) in [6, 6.07) is 8.36. The molecule has 0 saturated carbocycles. The summed E-state index contributed by atoms with van der Waals surface area (Å²) in [6.07, 6.45) is 7.71. The molecule has 72 valence electrons. The first-order valence-corrected chi connectivity index (χ1v) is 4.56. The lowest BCUT2D eigenvalue weighted by molar-refractivity contribution is 0.841. The minimum absolute atomic E-state index is 0.477. The molecular weight excluding hydrogens is 172 g/mol. The Morgan fingerprint density at radius 1 is 1.57 bits per heavy atom. The number of aryl methyl sites for hydroxylation is 1. The van der Waals surface area contributed by atoms with Gasteiger partial charge in [0.15, 0.2) is 0 Å². The van der Waals surface area contributed by atoms with Crippen molar-refractivity contribution in [3.05, 3.63) is 35.4 Å². The molecule has 0 bridgehead atoms. The van der Waals surface area contributed by atoms with Crippen molar-refractivity contribution in [3.63, 3.8) is 0 Å². The number of nitrogens with one attached hydrogen (secondary N) is 1. The molecule has 0 radical (unpaired) electrons. The molecule has 0 aliphatic heterocycles. The molecule has 1 rings (SSSR count). The highest BCUT2D eigenvalue weighted by Crippen LogP contribution is 2.03. The highest BCUT2D eigenvalue weighted by atomic mass is 15.3. The summed E-state index contributed by atoms with van der Waals surface area (Å²) in [6.45, 7) is 2.56. The van der Waals surface area contributed by atoms with E-state index in [0.29, 0.717) is 6.54 Å². The molecule has 0 fully saturated rings. The van der Waals surface area contributed by atoms with Crippen LogP contribution in [-0.4, -0.2) is 12.8 Å². The van der Waals surface area contributed by atoms with Crippen molar-refractivity contribution in [1.29, 1.82) is 0 Å². The topological polar surface area (TPSA) is 24.4 Å². The number of hydrogen-bond donors (Lipinski definition) is 1. The molecule has 0 aliphatic rings. The van der Waals surface area contributed by atoms with Crippen LogP contribution in [0.25, 0.3) is 0 Å². The van der Waals surface area contributed by atoms with Crippen LogP contribution in [-0.2, 0) is 6.42 Å². The standard InChI is InChI=1S/C12H14N2/c1-3-8-13-14-9-7-12-6-4-5-11(2)10-12/h1,4-6,9-10,13H,7-8H2,2H3/b14-9+. The molecule has 1 N–H and O–H groups in total. The van der Waals surface area contributed by atoms with Gasteiger partial charge >= 0.3 is 0 Å². The number of hydrazone groups is 1. The molecule has 0 unspecified atom stereocenters. The van der Waals surface area contributed by atoms with E-state index in [1.165, 1.54) is 11.1 Å². The van der Waals surface area contributed by atoms with Gasteiger partial charge in [-0.05, 0) is 12.5 Å². The van der Waals surface area contributed by atoms with E-state index in [1.54, 1.807) is 0 Å². The van der Waals surface area contributed by atoms with Gasteiger partial charge in [0.1, 0.15) is 0 Å². The Kier molecular flexibility index (Phi) is 4.30. The number of rotatable bonds is 4. The second-order valence-corrected chi connectivity index (χ2v) is 3.04. The summed E-state index contributed by atoms with van der Waals surface area (Å²) < 4.78 is 0. The summed E-state index contributed by atoms with van der Waals surface area (Å²) >= 11 is 0. The molecule has 0 spiro atoms. The number of hydrogen-bond acceptors (Lipinski definition) is 2. The van der Waals surface area contributed by atoms with Gasteiger partial charge in [-0.1, -0.05) is 35.7 Å². The third kappa shape index (κ3) is 3.77. The largest absolute Gasteiger partial charge is 0.298 e. The molecule has 0 heterocycles. The van der Waals surface area contributed by atoms with E-state index in [0.717, 1.165) is 6.42 Å². The van der Waals surface area contributed by atoms with E-state index < -0.39 is 0 Å². The van der Waals surface area contributed by atoms with Crippen LogP contribution in [0.5, 0.6) is 0 Å². The first-order chi connectivity index (χ1) is 6.83. The first-order valence-electron chi connectivity index (χ1n) is 4.56. The average molecular weight is 186 g/mol. The van der Waals surface area contributed by atoms with Crippen molar-refractivity contribution in [2.24, 2.45) is 5.10 Å². The van der Waals surface area contributed by atoms with Crippen molar-refractivity contribution >= 4 is 6.21 Å². The van der Waals surface area contributed by atoms with Gasteiger partial charge in [-0.15, -0.1) is 6.42 Å². The monoisotopic (exact) mass is 186 g/mol. The minimum atomic E-state index is 0.477. The van der Waals surface area contributed by atoms with Crippen LogP contribution in [0.3, 0.4) is 0 Å². The quantitative estimate of drug-likeness (QED) is 0.329. The van der Waals surface area contributed by atoms with E-state index in [2.05, 4.69) is 41.6 Å². The molecule has 0 aromatic heterocycles. The number of terminal acetylenes is 1. The molecular formula is C12H14N2. The Morgan fingerprint density at radius 2 is 2.43 bits per heavy atom. The van der Waals surface area contributed by atoms with Crippen molar-refractivity contribution in [1.82, 2.24) is 5.43 Å². The zero-order chi connectivity index (χ0) is 10.2. The smallest absolute Gasteiger partial charge is 0.0935 e. The predicted octanol–water partition coefficient (Wildman–Crippen LogP) is 1.75. The highest BCUT2D eigenvalue weighted by Gasteiger charge is 1.89. The summed E-state index contributed by atoms with van der Waals surface area (Å²) in [4.78, 5) is 0. The molecule has 2 nitrogen and oxygen atoms in total. The SMILES string of the molecule is C#CCN/N=C/Cc1cccc(C)c1. The third-order valence-electron chi connectivity index (χ3n) is 1.77. The fourth-order valence-electron chi connectivity index (χ4n) is 1.15.